The zero-order valence-electron chi connectivity index (χ0n) is 12.1. The highest BCUT2D eigenvalue weighted by Gasteiger charge is 2.20. The van der Waals surface area contributed by atoms with Crippen LogP contribution in [0.1, 0.15) is 46.5 Å². The molecule has 0 radical (unpaired) electrons. The van der Waals surface area contributed by atoms with E-state index in [9.17, 15) is 4.79 Å². The van der Waals surface area contributed by atoms with Crippen molar-refractivity contribution in [2.24, 2.45) is 0 Å². The fourth-order valence-corrected chi connectivity index (χ4v) is 1.80. The Kier molecular flexibility index (Phi) is 7.39. The molecule has 0 rings (SSSR count). The average Bonchev–Trinajstić information content (AvgIpc) is 2.23. The number of allylic oxidation sites excluding steroid dienone is 1. The number of carbonyl (C=O) groups is 1. The zero-order valence-corrected chi connectivity index (χ0v) is 13.1. The monoisotopic (exact) mass is 258 g/mol. The Morgan fingerprint density at radius 3 is 1.88 bits per heavy atom. The van der Waals surface area contributed by atoms with Gasteiger partial charge in [-0.2, -0.15) is 0 Å². The summed E-state index contributed by atoms with van der Waals surface area (Å²) in [6, 6.07) is 0. The Balaban J connectivity index is 4.56. The molecule has 0 amide bonds. The minimum absolute atomic E-state index is 0.329. The normalized spacial score (nSPS) is 11.2. The van der Waals surface area contributed by atoms with Crippen LogP contribution in [-0.2, 0) is 14.3 Å². The first kappa shape index (κ1) is 16.4. The lowest BCUT2D eigenvalue weighted by atomic mass is 10.0. The first-order valence-corrected chi connectivity index (χ1v) is 9.81. The molecule has 0 aliphatic carbocycles. The van der Waals surface area contributed by atoms with Crippen molar-refractivity contribution < 1.29 is 14.3 Å². The smallest absolute Gasteiger partial charge is 0.305 e. The van der Waals surface area contributed by atoms with Crippen molar-refractivity contribution in [3.8, 4) is 0 Å². The van der Waals surface area contributed by atoms with Crippen LogP contribution in [0.3, 0.4) is 0 Å². The molecule has 0 bridgehead atoms. The minimum atomic E-state index is -1.80. The summed E-state index contributed by atoms with van der Waals surface area (Å²) in [6.45, 7) is 12.0. The van der Waals surface area contributed by atoms with E-state index in [1.807, 2.05) is 26.6 Å². The van der Waals surface area contributed by atoms with E-state index in [1.165, 1.54) is 5.57 Å². The quantitative estimate of drug-likeness (QED) is 0.297. The summed E-state index contributed by atoms with van der Waals surface area (Å²) in [5, 5.41) is 0. The molecule has 0 aliphatic heterocycles. The van der Waals surface area contributed by atoms with Gasteiger partial charge in [0.2, 0.25) is 8.32 Å². The lowest BCUT2D eigenvalue weighted by Crippen LogP contribution is -2.27. The Morgan fingerprint density at radius 1 is 1.06 bits per heavy atom. The van der Waals surface area contributed by atoms with Crippen LogP contribution >= 0.6 is 0 Å². The van der Waals surface area contributed by atoms with Crippen LogP contribution in [0.25, 0.3) is 0 Å². The average molecular weight is 258 g/mol. The summed E-state index contributed by atoms with van der Waals surface area (Å²) < 4.78 is 5.17. The van der Waals surface area contributed by atoms with Gasteiger partial charge in [-0.3, -0.25) is 0 Å². The van der Waals surface area contributed by atoms with Gasteiger partial charge in [0.1, 0.15) is 0 Å². The standard InChI is InChI=1S/C13H26O3Si/c1-7-9-12(10-8-2)11(3)13(14)15-16-17(4,5)6/h7-10H2,1-6H3. The number of carbonyl (C=O) groups excluding carboxylic acids is 1. The third-order valence-electron chi connectivity index (χ3n) is 2.31. The van der Waals surface area contributed by atoms with Crippen LogP contribution in [0.2, 0.25) is 19.6 Å². The second kappa shape index (κ2) is 7.66. The fraction of sp³-hybridized carbons (Fsp3) is 0.769. The Labute approximate surface area is 106 Å². The number of hydrogen-bond acceptors (Lipinski definition) is 3. The molecule has 0 heterocycles. The lowest BCUT2D eigenvalue weighted by molar-refractivity contribution is -0.214. The maximum absolute atomic E-state index is 11.8. The molecular weight excluding hydrogens is 232 g/mol. The molecule has 0 spiro atoms. The summed E-state index contributed by atoms with van der Waals surface area (Å²) in [5.74, 6) is -0.329. The van der Waals surface area contributed by atoms with Crippen LogP contribution in [0.4, 0.5) is 0 Å². The van der Waals surface area contributed by atoms with E-state index >= 15 is 0 Å². The fourth-order valence-electron chi connectivity index (χ4n) is 1.47. The molecule has 0 aromatic heterocycles. The molecule has 3 nitrogen and oxygen atoms in total. The highest BCUT2D eigenvalue weighted by atomic mass is 28.4. The maximum Gasteiger partial charge on any atom is 0.367 e. The second-order valence-corrected chi connectivity index (χ2v) is 9.69. The lowest BCUT2D eigenvalue weighted by Gasteiger charge is -2.16. The van der Waals surface area contributed by atoms with E-state index < -0.39 is 8.32 Å². The van der Waals surface area contributed by atoms with Gasteiger partial charge in [0.25, 0.3) is 0 Å². The predicted molar refractivity (Wildman–Crippen MR) is 73.0 cm³/mol. The molecule has 0 atom stereocenters. The predicted octanol–water partition coefficient (Wildman–Crippen LogP) is 4.21. The summed E-state index contributed by atoms with van der Waals surface area (Å²) in [6.07, 6.45) is 4.02. The molecule has 0 N–H and O–H groups in total. The van der Waals surface area contributed by atoms with Crippen molar-refractivity contribution in [2.75, 3.05) is 0 Å². The molecule has 0 unspecified atom stereocenters. The summed E-state index contributed by atoms with van der Waals surface area (Å²) in [5.41, 5.74) is 1.91. The maximum atomic E-state index is 11.8. The van der Waals surface area contributed by atoms with Gasteiger partial charge in [0, 0.05) is 5.57 Å². The van der Waals surface area contributed by atoms with Gasteiger partial charge in [0.05, 0.1) is 0 Å². The Morgan fingerprint density at radius 2 is 1.53 bits per heavy atom. The van der Waals surface area contributed by atoms with Gasteiger partial charge in [-0.25, -0.2) is 9.37 Å². The molecular formula is C13H26O3Si. The van der Waals surface area contributed by atoms with Crippen molar-refractivity contribution in [3.05, 3.63) is 11.1 Å². The van der Waals surface area contributed by atoms with Crippen molar-refractivity contribution >= 4 is 14.3 Å². The third kappa shape index (κ3) is 7.34. The van der Waals surface area contributed by atoms with Crippen molar-refractivity contribution in [2.45, 2.75) is 66.1 Å². The van der Waals surface area contributed by atoms with E-state index in [2.05, 4.69) is 13.8 Å². The van der Waals surface area contributed by atoms with Crippen molar-refractivity contribution in [1.82, 2.24) is 0 Å². The van der Waals surface area contributed by atoms with Crippen molar-refractivity contribution in [3.63, 3.8) is 0 Å². The van der Waals surface area contributed by atoms with Gasteiger partial charge in [-0.1, -0.05) is 32.3 Å². The van der Waals surface area contributed by atoms with E-state index in [0.717, 1.165) is 25.7 Å². The number of hydrogen-bond donors (Lipinski definition) is 0. The first-order valence-electron chi connectivity index (χ1n) is 6.40. The zero-order chi connectivity index (χ0) is 13.5. The first-order chi connectivity index (χ1) is 7.81. The minimum Gasteiger partial charge on any atom is -0.305 e. The van der Waals surface area contributed by atoms with E-state index in [4.69, 9.17) is 9.46 Å². The van der Waals surface area contributed by atoms with Crippen LogP contribution in [0.15, 0.2) is 11.1 Å². The highest BCUT2D eigenvalue weighted by Crippen LogP contribution is 2.18. The van der Waals surface area contributed by atoms with E-state index in [-0.39, 0.29) is 5.97 Å². The van der Waals surface area contributed by atoms with Crippen LogP contribution < -0.4 is 0 Å². The van der Waals surface area contributed by atoms with Crippen molar-refractivity contribution in [1.29, 1.82) is 0 Å². The molecule has 0 aromatic carbocycles. The molecule has 100 valence electrons. The summed E-state index contributed by atoms with van der Waals surface area (Å²) >= 11 is 0. The van der Waals surface area contributed by atoms with Crippen LogP contribution in [0, 0.1) is 0 Å². The molecule has 0 saturated heterocycles. The van der Waals surface area contributed by atoms with Gasteiger partial charge in [-0.15, -0.1) is 0 Å². The molecule has 0 aromatic rings. The summed E-state index contributed by atoms with van der Waals surface area (Å²) in [4.78, 5) is 16.7. The van der Waals surface area contributed by atoms with E-state index in [0.29, 0.717) is 5.57 Å². The molecule has 0 saturated carbocycles. The van der Waals surface area contributed by atoms with Gasteiger partial charge in [-0.05, 0) is 39.4 Å². The third-order valence-corrected chi connectivity index (χ3v) is 2.89. The molecule has 0 aliphatic rings. The largest absolute Gasteiger partial charge is 0.367 e. The van der Waals surface area contributed by atoms with E-state index in [1.54, 1.807) is 0 Å². The molecule has 0 fully saturated rings. The summed E-state index contributed by atoms with van der Waals surface area (Å²) in [7, 11) is -1.80. The highest BCUT2D eigenvalue weighted by molar-refractivity contribution is 6.69. The van der Waals surface area contributed by atoms with Crippen LogP contribution in [-0.4, -0.2) is 14.3 Å². The molecule has 4 heteroatoms. The Bertz CT molecular complexity index is 269. The van der Waals surface area contributed by atoms with Gasteiger partial charge >= 0.3 is 5.97 Å². The van der Waals surface area contributed by atoms with Gasteiger partial charge < -0.3 is 4.89 Å². The topological polar surface area (TPSA) is 35.5 Å². The van der Waals surface area contributed by atoms with Crippen LogP contribution in [0.5, 0.6) is 0 Å². The SMILES string of the molecule is CCCC(CCC)=C(C)C(=O)OO[Si](C)(C)C. The molecule has 17 heavy (non-hydrogen) atoms. The Hall–Kier alpha value is -0.613. The van der Waals surface area contributed by atoms with Gasteiger partial charge in [0.15, 0.2) is 0 Å². The number of rotatable bonds is 7. The second-order valence-electron chi connectivity index (χ2n) is 5.30.